The van der Waals surface area contributed by atoms with E-state index in [4.69, 9.17) is 4.74 Å². The quantitative estimate of drug-likeness (QED) is 0.425. The molecule has 0 atom stereocenters. The highest BCUT2D eigenvalue weighted by molar-refractivity contribution is 6.04. The van der Waals surface area contributed by atoms with Gasteiger partial charge in [0, 0.05) is 24.4 Å². The molecule has 0 aromatic heterocycles. The molecule has 1 aliphatic rings. The average Bonchev–Trinajstić information content (AvgIpc) is 3.03. The van der Waals surface area contributed by atoms with E-state index in [2.05, 4.69) is 4.74 Å². The number of ether oxygens (including phenoxy) is 2. The fourth-order valence-corrected chi connectivity index (χ4v) is 2.92. The highest BCUT2D eigenvalue weighted by Gasteiger charge is 2.24. The largest absolute Gasteiger partial charge is 0.465 e. The second kappa shape index (κ2) is 8.52. The third kappa shape index (κ3) is 4.57. The van der Waals surface area contributed by atoms with Crippen LogP contribution in [0.3, 0.4) is 0 Å². The van der Waals surface area contributed by atoms with E-state index < -0.39 is 18.5 Å². The van der Waals surface area contributed by atoms with Crippen molar-refractivity contribution in [1.82, 2.24) is 0 Å². The molecule has 2 aromatic carbocycles. The van der Waals surface area contributed by atoms with E-state index in [9.17, 15) is 19.2 Å². The Labute approximate surface area is 167 Å². The fourth-order valence-electron chi connectivity index (χ4n) is 2.92. The van der Waals surface area contributed by atoms with Crippen LogP contribution in [-0.2, 0) is 25.5 Å². The number of methoxy groups -OCH3 is 1. The lowest BCUT2D eigenvalue weighted by Gasteiger charge is -2.10. The number of esters is 2. The third-order valence-corrected chi connectivity index (χ3v) is 4.57. The van der Waals surface area contributed by atoms with Crippen molar-refractivity contribution < 1.29 is 28.7 Å². The molecule has 148 valence electrons. The zero-order chi connectivity index (χ0) is 21.0. The van der Waals surface area contributed by atoms with Gasteiger partial charge in [-0.2, -0.15) is 0 Å². The number of benzene rings is 2. The van der Waals surface area contributed by atoms with Crippen molar-refractivity contribution in [3.05, 3.63) is 70.8 Å². The van der Waals surface area contributed by atoms with Crippen LogP contribution in [0, 0.1) is 0 Å². The molecule has 0 aliphatic carbocycles. The van der Waals surface area contributed by atoms with Crippen molar-refractivity contribution in [2.24, 2.45) is 0 Å². The molecule has 0 N–H and O–H groups in total. The molecular weight excluding hydrogens is 374 g/mol. The van der Waals surface area contributed by atoms with Crippen LogP contribution in [0.1, 0.15) is 31.8 Å². The van der Waals surface area contributed by atoms with Crippen LogP contribution < -0.4 is 4.90 Å². The molecule has 2 aromatic rings. The molecule has 0 spiro atoms. The lowest BCUT2D eigenvalue weighted by atomic mass is 10.1. The maximum absolute atomic E-state index is 12.3. The van der Waals surface area contributed by atoms with Gasteiger partial charge in [0.15, 0.2) is 12.4 Å². The average molecular weight is 393 g/mol. The van der Waals surface area contributed by atoms with Crippen LogP contribution >= 0.6 is 0 Å². The number of rotatable bonds is 6. The summed E-state index contributed by atoms with van der Waals surface area (Å²) in [5.41, 5.74) is 3.05. The first-order chi connectivity index (χ1) is 13.9. The standard InChI is InChI=1S/C22H19NO6/c1-23-18-9-8-16(11-17(18)12-20(23)25)19(24)13-29-21(26)10-5-14-3-6-15(7-4-14)22(27)28-2/h3-11H,12-13H2,1-2H3/b10-5+. The lowest BCUT2D eigenvalue weighted by Crippen LogP contribution is -2.20. The minimum Gasteiger partial charge on any atom is -0.465 e. The molecular formula is C22H19NO6. The Morgan fingerprint density at radius 3 is 2.45 bits per heavy atom. The number of hydrogen-bond acceptors (Lipinski definition) is 6. The van der Waals surface area contributed by atoms with Crippen LogP contribution in [0.4, 0.5) is 5.69 Å². The van der Waals surface area contributed by atoms with Gasteiger partial charge >= 0.3 is 11.9 Å². The zero-order valence-corrected chi connectivity index (χ0v) is 16.0. The predicted octanol–water partition coefficient (Wildman–Crippen LogP) is 2.43. The second-order valence-corrected chi connectivity index (χ2v) is 6.45. The summed E-state index contributed by atoms with van der Waals surface area (Å²) < 4.78 is 9.61. The summed E-state index contributed by atoms with van der Waals surface area (Å²) in [7, 11) is 2.99. The van der Waals surface area contributed by atoms with Crippen LogP contribution in [0.25, 0.3) is 6.08 Å². The minimum atomic E-state index is -0.661. The van der Waals surface area contributed by atoms with Gasteiger partial charge in [0.2, 0.25) is 5.91 Å². The molecule has 7 nitrogen and oxygen atoms in total. The number of carbonyl (C=O) groups excluding carboxylic acids is 4. The Balaban J connectivity index is 1.55. The summed E-state index contributed by atoms with van der Waals surface area (Å²) >= 11 is 0. The zero-order valence-electron chi connectivity index (χ0n) is 16.0. The highest BCUT2D eigenvalue weighted by Crippen LogP contribution is 2.28. The highest BCUT2D eigenvalue weighted by atomic mass is 16.5. The number of likely N-dealkylation sites (N-methyl/N-ethyl adjacent to an activating group) is 1. The molecule has 7 heteroatoms. The van der Waals surface area contributed by atoms with E-state index in [1.807, 2.05) is 0 Å². The lowest BCUT2D eigenvalue weighted by molar-refractivity contribution is -0.136. The Kier molecular flexibility index (Phi) is 5.87. The van der Waals surface area contributed by atoms with Crippen molar-refractivity contribution in [3.8, 4) is 0 Å². The van der Waals surface area contributed by atoms with Crippen LogP contribution in [0.2, 0.25) is 0 Å². The van der Waals surface area contributed by atoms with Crippen molar-refractivity contribution in [2.75, 3.05) is 25.7 Å². The van der Waals surface area contributed by atoms with Gasteiger partial charge < -0.3 is 14.4 Å². The summed E-state index contributed by atoms with van der Waals surface area (Å²) in [5, 5.41) is 0. The van der Waals surface area contributed by atoms with E-state index in [1.54, 1.807) is 54.4 Å². The van der Waals surface area contributed by atoms with Crippen molar-refractivity contribution in [3.63, 3.8) is 0 Å². The summed E-state index contributed by atoms with van der Waals surface area (Å²) in [5.74, 6) is -1.48. The van der Waals surface area contributed by atoms with Gasteiger partial charge in [0.05, 0.1) is 19.1 Å². The van der Waals surface area contributed by atoms with Crippen LogP contribution in [0.5, 0.6) is 0 Å². The predicted molar refractivity (Wildman–Crippen MR) is 106 cm³/mol. The Morgan fingerprint density at radius 1 is 1.07 bits per heavy atom. The molecule has 1 aliphatic heterocycles. The van der Waals surface area contributed by atoms with Crippen LogP contribution in [0.15, 0.2) is 48.5 Å². The van der Waals surface area contributed by atoms with E-state index in [1.165, 1.54) is 19.3 Å². The number of fused-ring (bicyclic) bond motifs is 1. The molecule has 0 saturated heterocycles. The van der Waals surface area contributed by atoms with E-state index in [-0.39, 0.29) is 18.1 Å². The summed E-state index contributed by atoms with van der Waals surface area (Å²) in [6, 6.07) is 11.5. The Bertz CT molecular complexity index is 1010. The Morgan fingerprint density at radius 2 is 1.76 bits per heavy atom. The third-order valence-electron chi connectivity index (χ3n) is 4.57. The summed E-state index contributed by atoms with van der Waals surface area (Å²) in [6.45, 7) is -0.396. The number of ketones is 1. The number of hydrogen-bond donors (Lipinski definition) is 0. The van der Waals surface area contributed by atoms with E-state index in [0.29, 0.717) is 16.7 Å². The van der Waals surface area contributed by atoms with Gasteiger partial charge in [-0.05, 0) is 47.5 Å². The van der Waals surface area contributed by atoms with Gasteiger partial charge in [-0.25, -0.2) is 9.59 Å². The molecule has 0 saturated carbocycles. The first kappa shape index (κ1) is 20.0. The molecule has 0 unspecified atom stereocenters. The van der Waals surface area contributed by atoms with Gasteiger partial charge in [-0.3, -0.25) is 9.59 Å². The van der Waals surface area contributed by atoms with Gasteiger partial charge in [-0.15, -0.1) is 0 Å². The first-order valence-electron chi connectivity index (χ1n) is 8.85. The molecule has 1 heterocycles. The monoisotopic (exact) mass is 393 g/mol. The minimum absolute atomic E-state index is 0.0271. The number of anilines is 1. The molecule has 29 heavy (non-hydrogen) atoms. The number of nitrogens with zero attached hydrogens (tertiary/aromatic N) is 1. The topological polar surface area (TPSA) is 90.0 Å². The SMILES string of the molecule is COC(=O)c1ccc(/C=C/C(=O)OCC(=O)c2ccc3c(c2)CC(=O)N3C)cc1. The van der Waals surface area contributed by atoms with Crippen molar-refractivity contribution >= 4 is 35.4 Å². The summed E-state index contributed by atoms with van der Waals surface area (Å²) in [4.78, 5) is 48.8. The molecule has 0 bridgehead atoms. The number of amides is 1. The smallest absolute Gasteiger partial charge is 0.337 e. The van der Waals surface area contributed by atoms with Crippen molar-refractivity contribution in [2.45, 2.75) is 6.42 Å². The maximum atomic E-state index is 12.3. The van der Waals surface area contributed by atoms with E-state index in [0.717, 1.165) is 11.3 Å². The van der Waals surface area contributed by atoms with Gasteiger partial charge in [0.1, 0.15) is 0 Å². The van der Waals surface area contributed by atoms with Crippen molar-refractivity contribution in [1.29, 1.82) is 0 Å². The van der Waals surface area contributed by atoms with Gasteiger partial charge in [0.25, 0.3) is 0 Å². The number of carbonyl (C=O) groups is 4. The number of Topliss-reactive ketones (excluding diaryl/α,β-unsaturated/α-hetero) is 1. The fraction of sp³-hybridized carbons (Fsp3) is 0.182. The maximum Gasteiger partial charge on any atom is 0.337 e. The molecule has 0 fully saturated rings. The molecule has 0 radical (unpaired) electrons. The summed E-state index contributed by atoms with van der Waals surface area (Å²) in [6.07, 6.45) is 2.98. The van der Waals surface area contributed by atoms with Crippen LogP contribution in [-0.4, -0.2) is 44.4 Å². The Hall–Kier alpha value is -3.74. The second-order valence-electron chi connectivity index (χ2n) is 6.45. The molecule has 1 amide bonds. The molecule has 3 rings (SSSR count). The first-order valence-corrected chi connectivity index (χ1v) is 8.85. The van der Waals surface area contributed by atoms with Gasteiger partial charge in [-0.1, -0.05) is 12.1 Å². The normalized spacial score (nSPS) is 12.8. The van der Waals surface area contributed by atoms with E-state index >= 15 is 0 Å².